The van der Waals surface area contributed by atoms with E-state index in [0.717, 1.165) is 19.3 Å². The molecule has 0 spiro atoms. The van der Waals surface area contributed by atoms with Gasteiger partial charge < -0.3 is 5.11 Å². The van der Waals surface area contributed by atoms with E-state index in [4.69, 9.17) is 0 Å². The van der Waals surface area contributed by atoms with Crippen molar-refractivity contribution in [3.8, 4) is 0 Å². The third-order valence-corrected chi connectivity index (χ3v) is 2.27. The van der Waals surface area contributed by atoms with Crippen molar-refractivity contribution in [3.63, 3.8) is 0 Å². The second kappa shape index (κ2) is 2.75. The van der Waals surface area contributed by atoms with Crippen molar-refractivity contribution < 1.29 is 5.11 Å². The summed E-state index contributed by atoms with van der Waals surface area (Å²) in [4.78, 5) is 0. The van der Waals surface area contributed by atoms with Gasteiger partial charge in [-0.25, -0.2) is 0 Å². The quantitative estimate of drug-likeness (QED) is 0.553. The Morgan fingerprint density at radius 2 is 2.10 bits per heavy atom. The number of hydrogen-bond acceptors (Lipinski definition) is 1. The smallest absolute Gasteiger partial charge is 0.0622 e. The maximum atomic E-state index is 9.61. The van der Waals surface area contributed by atoms with E-state index in [2.05, 4.69) is 12.2 Å². The highest BCUT2D eigenvalue weighted by molar-refractivity contribution is 4.94. The van der Waals surface area contributed by atoms with E-state index in [-0.39, 0.29) is 0 Å². The van der Waals surface area contributed by atoms with Gasteiger partial charge in [-0.1, -0.05) is 12.2 Å². The van der Waals surface area contributed by atoms with Gasteiger partial charge in [-0.3, -0.25) is 0 Å². The molecule has 1 atom stereocenters. The second-order valence-corrected chi connectivity index (χ2v) is 3.64. The van der Waals surface area contributed by atoms with Crippen LogP contribution in [0.2, 0.25) is 0 Å². The van der Waals surface area contributed by atoms with Crippen molar-refractivity contribution in [2.75, 3.05) is 0 Å². The minimum atomic E-state index is -0.481. The molecule has 0 aromatic heterocycles. The third-order valence-electron chi connectivity index (χ3n) is 2.27. The Balaban J connectivity index is 2.49. The van der Waals surface area contributed by atoms with Gasteiger partial charge in [0.2, 0.25) is 0 Å². The van der Waals surface area contributed by atoms with E-state index in [0.29, 0.717) is 5.92 Å². The van der Waals surface area contributed by atoms with Crippen molar-refractivity contribution in [2.24, 2.45) is 5.92 Å². The summed E-state index contributed by atoms with van der Waals surface area (Å²) >= 11 is 0. The molecule has 0 aliphatic heterocycles. The Hall–Kier alpha value is -0.300. The van der Waals surface area contributed by atoms with Gasteiger partial charge in [0, 0.05) is 0 Å². The minimum absolute atomic E-state index is 0.470. The summed E-state index contributed by atoms with van der Waals surface area (Å²) in [5.41, 5.74) is -0.481. The van der Waals surface area contributed by atoms with Gasteiger partial charge in [-0.2, -0.15) is 0 Å². The maximum absolute atomic E-state index is 9.61. The van der Waals surface area contributed by atoms with Crippen LogP contribution < -0.4 is 0 Å². The largest absolute Gasteiger partial charge is 0.390 e. The van der Waals surface area contributed by atoms with Crippen LogP contribution >= 0.6 is 0 Å². The first-order chi connectivity index (χ1) is 4.61. The van der Waals surface area contributed by atoms with Gasteiger partial charge in [0.05, 0.1) is 5.60 Å². The van der Waals surface area contributed by atoms with Gasteiger partial charge in [0.15, 0.2) is 0 Å². The van der Waals surface area contributed by atoms with Crippen molar-refractivity contribution in [3.05, 3.63) is 12.2 Å². The van der Waals surface area contributed by atoms with E-state index < -0.39 is 5.60 Å². The lowest BCUT2D eigenvalue weighted by atomic mass is 9.82. The monoisotopic (exact) mass is 140 g/mol. The lowest BCUT2D eigenvalue weighted by molar-refractivity contribution is 0.0132. The van der Waals surface area contributed by atoms with Gasteiger partial charge in [0.1, 0.15) is 0 Å². The molecule has 0 aromatic rings. The Morgan fingerprint density at radius 3 is 2.40 bits per heavy atom. The molecule has 0 bridgehead atoms. The predicted molar refractivity (Wildman–Crippen MR) is 42.8 cm³/mol. The summed E-state index contributed by atoms with van der Waals surface area (Å²) in [6.07, 6.45) is 7.69. The van der Waals surface area contributed by atoms with Crippen molar-refractivity contribution in [1.82, 2.24) is 0 Å². The van der Waals surface area contributed by atoms with Crippen molar-refractivity contribution >= 4 is 0 Å². The molecule has 10 heavy (non-hydrogen) atoms. The Kier molecular flexibility index (Phi) is 2.14. The topological polar surface area (TPSA) is 20.2 Å². The summed E-state index contributed by atoms with van der Waals surface area (Å²) in [5.74, 6) is 0.470. The second-order valence-electron chi connectivity index (χ2n) is 3.64. The molecule has 1 N–H and O–H groups in total. The Morgan fingerprint density at radius 1 is 1.40 bits per heavy atom. The molecule has 0 heterocycles. The van der Waals surface area contributed by atoms with Gasteiger partial charge in [-0.05, 0) is 39.0 Å². The van der Waals surface area contributed by atoms with Crippen LogP contribution in [0.15, 0.2) is 12.2 Å². The molecule has 58 valence electrons. The molecular formula is C9H16O. The summed E-state index contributed by atoms with van der Waals surface area (Å²) in [7, 11) is 0. The fraction of sp³-hybridized carbons (Fsp3) is 0.778. The first-order valence-corrected chi connectivity index (χ1v) is 3.98. The van der Waals surface area contributed by atoms with Crippen LogP contribution in [0, 0.1) is 5.92 Å². The van der Waals surface area contributed by atoms with Gasteiger partial charge in [0.25, 0.3) is 0 Å². The molecule has 1 rings (SSSR count). The minimum Gasteiger partial charge on any atom is -0.390 e. The first kappa shape index (κ1) is 7.80. The van der Waals surface area contributed by atoms with Crippen LogP contribution in [0.25, 0.3) is 0 Å². The van der Waals surface area contributed by atoms with E-state index in [9.17, 15) is 5.11 Å². The predicted octanol–water partition coefficient (Wildman–Crippen LogP) is 2.11. The molecular weight excluding hydrogens is 124 g/mol. The fourth-order valence-electron chi connectivity index (χ4n) is 1.44. The zero-order valence-corrected chi connectivity index (χ0v) is 6.80. The van der Waals surface area contributed by atoms with E-state index >= 15 is 0 Å². The summed E-state index contributed by atoms with van der Waals surface area (Å²) in [6.45, 7) is 3.80. The number of rotatable bonds is 1. The van der Waals surface area contributed by atoms with Crippen molar-refractivity contribution in [2.45, 2.75) is 38.7 Å². The SMILES string of the molecule is CC(C)(O)[C@H]1CC=CCC1. The molecule has 0 radical (unpaired) electrons. The van der Waals surface area contributed by atoms with Crippen LogP contribution in [0.3, 0.4) is 0 Å². The zero-order chi connectivity index (χ0) is 7.61. The standard InChI is InChI=1S/C9H16O/c1-9(2,10)8-6-4-3-5-7-8/h3-4,8,10H,5-7H2,1-2H3/t8-/m0/s1. The average molecular weight is 140 g/mol. The zero-order valence-electron chi connectivity index (χ0n) is 6.80. The highest BCUT2D eigenvalue weighted by atomic mass is 16.3. The van der Waals surface area contributed by atoms with Crippen molar-refractivity contribution in [1.29, 1.82) is 0 Å². The van der Waals surface area contributed by atoms with E-state index in [1.54, 1.807) is 0 Å². The summed E-state index contributed by atoms with van der Waals surface area (Å²) in [5, 5.41) is 9.61. The van der Waals surface area contributed by atoms with Gasteiger partial charge in [-0.15, -0.1) is 0 Å². The first-order valence-electron chi connectivity index (χ1n) is 3.98. The molecule has 0 aromatic carbocycles. The Bertz CT molecular complexity index is 130. The molecule has 0 amide bonds. The molecule has 0 saturated carbocycles. The summed E-state index contributed by atoms with van der Waals surface area (Å²) < 4.78 is 0. The molecule has 1 aliphatic rings. The molecule has 0 fully saturated rings. The van der Waals surface area contributed by atoms with Crippen LogP contribution in [0.5, 0.6) is 0 Å². The van der Waals surface area contributed by atoms with Crippen LogP contribution in [0.1, 0.15) is 33.1 Å². The fourth-order valence-corrected chi connectivity index (χ4v) is 1.44. The van der Waals surface area contributed by atoms with Crippen LogP contribution in [-0.2, 0) is 0 Å². The molecule has 1 heteroatoms. The number of allylic oxidation sites excluding steroid dienone is 2. The Labute approximate surface area is 62.8 Å². The molecule has 0 unspecified atom stereocenters. The van der Waals surface area contributed by atoms with Crippen LogP contribution in [-0.4, -0.2) is 10.7 Å². The molecule has 1 aliphatic carbocycles. The molecule has 0 saturated heterocycles. The highest BCUT2D eigenvalue weighted by Gasteiger charge is 2.25. The maximum Gasteiger partial charge on any atom is 0.0622 e. The van der Waals surface area contributed by atoms with E-state index in [1.807, 2.05) is 13.8 Å². The lowest BCUT2D eigenvalue weighted by Gasteiger charge is -2.29. The highest BCUT2D eigenvalue weighted by Crippen LogP contribution is 2.28. The summed E-state index contributed by atoms with van der Waals surface area (Å²) in [6, 6.07) is 0. The average Bonchev–Trinajstić information content (AvgIpc) is 1.88. The normalized spacial score (nSPS) is 26.9. The van der Waals surface area contributed by atoms with E-state index in [1.165, 1.54) is 0 Å². The number of hydrogen-bond donors (Lipinski definition) is 1. The third kappa shape index (κ3) is 1.84. The molecule has 1 nitrogen and oxygen atoms in total. The van der Waals surface area contributed by atoms with Crippen LogP contribution in [0.4, 0.5) is 0 Å². The van der Waals surface area contributed by atoms with Gasteiger partial charge >= 0.3 is 0 Å². The lowest BCUT2D eigenvalue weighted by Crippen LogP contribution is -2.31. The number of aliphatic hydroxyl groups is 1.